The van der Waals surface area contributed by atoms with Gasteiger partial charge in [-0.3, -0.25) is 14.8 Å². The van der Waals surface area contributed by atoms with Gasteiger partial charge >= 0.3 is 0 Å². The molecule has 0 spiro atoms. The van der Waals surface area contributed by atoms with Gasteiger partial charge in [-0.25, -0.2) is 4.98 Å². The van der Waals surface area contributed by atoms with E-state index in [0.29, 0.717) is 30.6 Å². The number of nitrogens with one attached hydrogen (secondary N) is 3. The van der Waals surface area contributed by atoms with E-state index in [1.807, 2.05) is 43.0 Å². The van der Waals surface area contributed by atoms with Crippen molar-refractivity contribution in [2.24, 2.45) is 5.92 Å². The quantitative estimate of drug-likeness (QED) is 0.166. The minimum Gasteiger partial charge on any atom is -0.368 e. The molecule has 0 amide bonds. The zero-order valence-electron chi connectivity index (χ0n) is 25.7. The number of pyridine rings is 3. The summed E-state index contributed by atoms with van der Waals surface area (Å²) in [7, 11) is 0. The molecule has 0 fully saturated rings. The number of rotatable bonds is 8. The summed E-state index contributed by atoms with van der Waals surface area (Å²) in [5, 5.41) is 8.00. The maximum absolute atomic E-state index is 11.8. The molecule has 3 N–H and O–H groups in total. The maximum atomic E-state index is 11.8. The second-order valence-electron chi connectivity index (χ2n) is 12.1. The van der Waals surface area contributed by atoms with Crippen LogP contribution in [0, 0.1) is 5.92 Å². The van der Waals surface area contributed by atoms with E-state index in [-0.39, 0.29) is 0 Å². The smallest absolute Gasteiger partial charge is 0.133 e. The second kappa shape index (κ2) is 12.7. The highest BCUT2D eigenvalue weighted by Gasteiger charge is 2.09. The number of nitrogens with zero attached hydrogens (tertiary/aromatic N) is 3. The lowest BCUT2D eigenvalue weighted by Gasteiger charge is -2.09. The monoisotopic (exact) mass is 582 g/mol. The molecular formula is C37H38N6O. The number of anilines is 1. The van der Waals surface area contributed by atoms with Crippen LogP contribution in [-0.2, 0) is 11.2 Å². The van der Waals surface area contributed by atoms with Crippen molar-refractivity contribution < 1.29 is 4.79 Å². The first kappa shape index (κ1) is 29.1. The van der Waals surface area contributed by atoms with Gasteiger partial charge in [-0.05, 0) is 73.7 Å². The van der Waals surface area contributed by atoms with E-state index < -0.39 is 0 Å². The van der Waals surface area contributed by atoms with E-state index in [1.165, 1.54) is 16.3 Å². The number of carbonyl (C=O) groups is 1. The molecule has 0 saturated heterocycles. The van der Waals surface area contributed by atoms with Gasteiger partial charge in [0, 0.05) is 99.0 Å². The van der Waals surface area contributed by atoms with Crippen molar-refractivity contribution in [1.82, 2.24) is 24.9 Å². The second-order valence-corrected chi connectivity index (χ2v) is 12.1. The Balaban J connectivity index is 0.000000157. The molecule has 44 heavy (non-hydrogen) atoms. The highest BCUT2D eigenvalue weighted by molar-refractivity contribution is 6.08. The summed E-state index contributed by atoms with van der Waals surface area (Å²) >= 11 is 0. The van der Waals surface area contributed by atoms with Gasteiger partial charge in [-0.2, -0.15) is 0 Å². The van der Waals surface area contributed by atoms with Gasteiger partial charge in [0.15, 0.2) is 0 Å². The number of ketones is 1. The number of hydrogen-bond donors (Lipinski definition) is 3. The topological polar surface area (TPSA) is 99.3 Å². The molecule has 222 valence electrons. The molecular weight excluding hydrogens is 544 g/mol. The van der Waals surface area contributed by atoms with Gasteiger partial charge in [-0.15, -0.1) is 0 Å². The van der Waals surface area contributed by atoms with Gasteiger partial charge < -0.3 is 15.3 Å². The summed E-state index contributed by atoms with van der Waals surface area (Å²) in [6, 6.07) is 21.3. The fourth-order valence-electron chi connectivity index (χ4n) is 5.66. The Labute approximate surface area is 257 Å². The molecule has 0 radical (unpaired) electrons. The number of Topliss-reactive ketones (excluding diaryl/α,β-unsaturated/α-hetero) is 1. The van der Waals surface area contributed by atoms with Crippen LogP contribution in [0.5, 0.6) is 0 Å². The lowest BCUT2D eigenvalue weighted by molar-refractivity contribution is -0.119. The number of H-pyrrole nitrogens is 2. The first-order valence-corrected chi connectivity index (χ1v) is 15.3. The Morgan fingerprint density at radius 1 is 0.705 bits per heavy atom. The average molecular weight is 583 g/mol. The van der Waals surface area contributed by atoms with Crippen molar-refractivity contribution in [2.75, 3.05) is 5.32 Å². The van der Waals surface area contributed by atoms with Crippen LogP contribution in [0.3, 0.4) is 0 Å². The van der Waals surface area contributed by atoms with Crippen molar-refractivity contribution >= 4 is 55.2 Å². The van der Waals surface area contributed by atoms with Crippen LogP contribution in [0.25, 0.3) is 54.7 Å². The molecule has 7 aromatic rings. The molecule has 7 nitrogen and oxygen atoms in total. The third-order valence-electron chi connectivity index (χ3n) is 7.73. The van der Waals surface area contributed by atoms with Crippen molar-refractivity contribution in [3.8, 4) is 11.1 Å². The molecule has 7 heteroatoms. The van der Waals surface area contributed by atoms with E-state index in [9.17, 15) is 4.79 Å². The van der Waals surface area contributed by atoms with E-state index in [4.69, 9.17) is 0 Å². The lowest BCUT2D eigenvalue weighted by atomic mass is 10.0. The highest BCUT2D eigenvalue weighted by atomic mass is 16.1. The fourth-order valence-corrected chi connectivity index (χ4v) is 5.66. The molecule has 2 aromatic carbocycles. The van der Waals surface area contributed by atoms with Crippen molar-refractivity contribution in [3.63, 3.8) is 0 Å². The van der Waals surface area contributed by atoms with Crippen LogP contribution in [0.2, 0.25) is 0 Å². The highest BCUT2D eigenvalue weighted by Crippen LogP contribution is 2.29. The molecule has 5 aromatic heterocycles. The number of benzene rings is 2. The molecule has 7 rings (SSSR count). The average Bonchev–Trinajstić information content (AvgIpc) is 3.57. The SMILES string of the molecule is CC(C)CC(=O)CCc1ccc2c(c1)[nH]c1ccncc12.CC(C)Nc1ccc(-c2ccc3c(c2)[nH]c2ccncc23)cn1. The predicted octanol–water partition coefficient (Wildman–Crippen LogP) is 8.86. The van der Waals surface area contributed by atoms with E-state index in [0.717, 1.165) is 56.2 Å². The molecule has 0 bridgehead atoms. The molecule has 0 saturated carbocycles. The van der Waals surface area contributed by atoms with Gasteiger partial charge in [-0.1, -0.05) is 38.1 Å². The minimum absolute atomic E-state index is 0.353. The molecule has 0 aliphatic carbocycles. The van der Waals surface area contributed by atoms with E-state index in [1.54, 1.807) is 6.20 Å². The molecule has 0 aliphatic heterocycles. The third kappa shape index (κ3) is 6.47. The van der Waals surface area contributed by atoms with Crippen molar-refractivity contribution in [2.45, 2.75) is 53.0 Å². The van der Waals surface area contributed by atoms with Gasteiger partial charge in [0.05, 0.1) is 0 Å². The molecule has 0 aliphatic rings. The first-order valence-electron chi connectivity index (χ1n) is 15.3. The number of hydrogen-bond acceptors (Lipinski definition) is 5. The normalized spacial score (nSPS) is 11.5. The summed E-state index contributed by atoms with van der Waals surface area (Å²) in [6.07, 6.45) is 11.4. The molecule has 5 heterocycles. The largest absolute Gasteiger partial charge is 0.368 e. The first-order chi connectivity index (χ1) is 21.3. The Morgan fingerprint density at radius 2 is 1.34 bits per heavy atom. The van der Waals surface area contributed by atoms with Gasteiger partial charge in [0.25, 0.3) is 0 Å². The number of carbonyl (C=O) groups excluding carboxylic acids is 1. The number of aromatic amines is 2. The summed E-state index contributed by atoms with van der Waals surface area (Å²) < 4.78 is 0. The third-order valence-corrected chi connectivity index (χ3v) is 7.73. The summed E-state index contributed by atoms with van der Waals surface area (Å²) in [5.74, 6) is 1.70. The van der Waals surface area contributed by atoms with E-state index in [2.05, 4.69) is 100 Å². The summed E-state index contributed by atoms with van der Waals surface area (Å²) in [6.45, 7) is 8.38. The maximum Gasteiger partial charge on any atom is 0.133 e. The Bertz CT molecular complexity index is 2050. The van der Waals surface area contributed by atoms with E-state index >= 15 is 0 Å². The Hall–Kier alpha value is -5.04. The zero-order valence-corrected chi connectivity index (χ0v) is 25.7. The van der Waals surface area contributed by atoms with Crippen LogP contribution in [0.4, 0.5) is 5.82 Å². The van der Waals surface area contributed by atoms with Gasteiger partial charge in [0.2, 0.25) is 0 Å². The van der Waals surface area contributed by atoms with Crippen LogP contribution >= 0.6 is 0 Å². The van der Waals surface area contributed by atoms with Crippen LogP contribution < -0.4 is 5.32 Å². The minimum atomic E-state index is 0.353. The molecule has 0 unspecified atom stereocenters. The van der Waals surface area contributed by atoms with Crippen molar-refractivity contribution in [1.29, 1.82) is 0 Å². The van der Waals surface area contributed by atoms with Crippen molar-refractivity contribution in [3.05, 3.63) is 97.2 Å². The molecule has 0 atom stereocenters. The Morgan fingerprint density at radius 3 is 1.95 bits per heavy atom. The fraction of sp³-hybridized carbons (Fsp3) is 0.243. The summed E-state index contributed by atoms with van der Waals surface area (Å²) in [4.78, 5) is 31.6. The van der Waals surface area contributed by atoms with Crippen LogP contribution in [0.15, 0.2) is 91.6 Å². The lowest BCUT2D eigenvalue weighted by Crippen LogP contribution is -2.10. The predicted molar refractivity (Wildman–Crippen MR) is 182 cm³/mol. The zero-order chi connectivity index (χ0) is 30.6. The summed E-state index contributed by atoms with van der Waals surface area (Å²) in [5.41, 5.74) is 7.93. The number of fused-ring (bicyclic) bond motifs is 6. The van der Waals surface area contributed by atoms with Gasteiger partial charge in [0.1, 0.15) is 11.6 Å². The van der Waals surface area contributed by atoms with Crippen LogP contribution in [0.1, 0.15) is 46.1 Å². The number of aromatic nitrogens is 5. The standard InChI is InChI=1S/C19H18N4.C18H20N2O/c1-12(2)22-19-6-4-14(10-21-19)13-3-5-15-16-11-20-8-7-17(16)23-18(15)9-13;1-12(2)9-14(21)5-3-13-4-6-15-16-11-19-8-7-17(16)20-18(15)10-13/h3-12,23H,1-2H3,(H,21,22);4,6-8,10-12,20H,3,5,9H2,1-2H3. The Kier molecular flexibility index (Phi) is 8.37. The van der Waals surface area contributed by atoms with Crippen LogP contribution in [-0.4, -0.2) is 36.7 Å². The number of aryl methyl sites for hydroxylation is 1.